The minimum atomic E-state index is -0.694. The Morgan fingerprint density at radius 1 is 1.14 bits per heavy atom. The molecule has 0 aliphatic carbocycles. The molecule has 3 nitrogen and oxygen atoms in total. The van der Waals surface area contributed by atoms with E-state index in [4.69, 9.17) is 4.42 Å². The lowest BCUT2D eigenvalue weighted by Crippen LogP contribution is -1.89. The molecule has 0 aliphatic rings. The number of hydrogen-bond acceptors (Lipinski definition) is 3. The largest absolute Gasteiger partial charge is 0.519 e. The van der Waals surface area contributed by atoms with Crippen LogP contribution in [0.15, 0.2) is 44.0 Å². The molecule has 3 heteroatoms. The highest BCUT2D eigenvalue weighted by molar-refractivity contribution is 5.22. The van der Waals surface area contributed by atoms with Gasteiger partial charge in [0.1, 0.15) is 0 Å². The summed E-state index contributed by atoms with van der Waals surface area (Å²) in [5.74, 6) is 0.0981. The van der Waals surface area contributed by atoms with Crippen LogP contribution in [0.25, 0.3) is 0 Å². The molecule has 0 aliphatic heterocycles. The predicted molar refractivity (Wildman–Crippen MR) is 51.0 cm³/mol. The van der Waals surface area contributed by atoms with Crippen LogP contribution in [-0.2, 0) is 6.42 Å². The number of benzene rings is 1. The molecule has 0 fully saturated rings. The van der Waals surface area contributed by atoms with Gasteiger partial charge in [-0.3, -0.25) is 0 Å². The quantitative estimate of drug-likeness (QED) is 0.725. The maximum atomic E-state index is 10.7. The summed E-state index contributed by atoms with van der Waals surface area (Å²) < 4.78 is 9.49. The first-order valence-electron chi connectivity index (χ1n) is 4.24. The highest BCUT2D eigenvalue weighted by Gasteiger charge is 2.08. The zero-order valence-electron chi connectivity index (χ0n) is 7.53. The summed E-state index contributed by atoms with van der Waals surface area (Å²) in [4.78, 5) is 10.7. The smallest absolute Gasteiger partial charge is 0.396 e. The minimum absolute atomic E-state index is 0.304. The van der Waals surface area contributed by atoms with E-state index in [9.17, 15) is 4.79 Å². The van der Waals surface area contributed by atoms with Crippen molar-refractivity contribution in [3.63, 3.8) is 0 Å². The Morgan fingerprint density at radius 2 is 1.86 bits per heavy atom. The maximum Gasteiger partial charge on any atom is 0.519 e. The first-order valence-corrected chi connectivity index (χ1v) is 4.24. The monoisotopic (exact) mass is 189 g/mol. The minimum Gasteiger partial charge on any atom is -0.396 e. The molecule has 2 aromatic rings. The zero-order valence-corrected chi connectivity index (χ0v) is 7.53. The molecule has 1 radical (unpaired) electrons. The van der Waals surface area contributed by atoms with E-state index in [1.807, 2.05) is 30.3 Å². The van der Waals surface area contributed by atoms with Gasteiger partial charge >= 0.3 is 5.82 Å². The van der Waals surface area contributed by atoms with Crippen molar-refractivity contribution in [2.24, 2.45) is 0 Å². The van der Waals surface area contributed by atoms with Crippen molar-refractivity contribution in [3.05, 3.63) is 65.0 Å². The Hall–Kier alpha value is -1.77. The summed E-state index contributed by atoms with van der Waals surface area (Å²) in [7, 11) is 0. The van der Waals surface area contributed by atoms with Crippen LogP contribution in [0.4, 0.5) is 0 Å². The normalized spacial score (nSPS) is 10.4. The second-order valence-electron chi connectivity index (χ2n) is 2.96. The molecular formula is C11H9O3. The highest BCUT2D eigenvalue weighted by Crippen LogP contribution is 2.11. The summed E-state index contributed by atoms with van der Waals surface area (Å²) in [5.41, 5.74) is 1.06. The fourth-order valence-electron chi connectivity index (χ4n) is 1.25. The van der Waals surface area contributed by atoms with E-state index in [0.717, 1.165) is 5.56 Å². The van der Waals surface area contributed by atoms with Crippen molar-refractivity contribution >= 4 is 0 Å². The molecule has 1 aromatic heterocycles. The summed E-state index contributed by atoms with van der Waals surface area (Å²) in [6, 6.07) is 9.69. The molecule has 0 saturated heterocycles. The fourth-order valence-corrected chi connectivity index (χ4v) is 1.25. The molecule has 14 heavy (non-hydrogen) atoms. The van der Waals surface area contributed by atoms with Gasteiger partial charge in [-0.25, -0.2) is 4.79 Å². The SMILES string of the molecule is [CH2]c1oc(=O)oc1Cc1ccccc1. The van der Waals surface area contributed by atoms with Gasteiger partial charge in [-0.15, -0.1) is 0 Å². The fraction of sp³-hybridized carbons (Fsp3) is 0.0909. The van der Waals surface area contributed by atoms with Gasteiger partial charge < -0.3 is 8.83 Å². The van der Waals surface area contributed by atoms with E-state index < -0.39 is 5.82 Å². The van der Waals surface area contributed by atoms with Gasteiger partial charge in [0.15, 0.2) is 11.5 Å². The van der Waals surface area contributed by atoms with Gasteiger partial charge in [0.05, 0.1) is 0 Å². The van der Waals surface area contributed by atoms with Crippen LogP contribution < -0.4 is 5.82 Å². The molecule has 0 N–H and O–H groups in total. The van der Waals surface area contributed by atoms with Gasteiger partial charge in [-0.05, 0) is 5.56 Å². The molecule has 0 saturated carbocycles. The average molecular weight is 189 g/mol. The Labute approximate surface area is 81.0 Å². The Bertz CT molecular complexity index is 465. The van der Waals surface area contributed by atoms with Crippen molar-refractivity contribution in [3.8, 4) is 0 Å². The van der Waals surface area contributed by atoms with E-state index in [0.29, 0.717) is 17.9 Å². The van der Waals surface area contributed by atoms with E-state index >= 15 is 0 Å². The molecule has 0 atom stereocenters. The molecule has 0 bridgehead atoms. The Kier molecular flexibility index (Phi) is 2.23. The molecular weight excluding hydrogens is 180 g/mol. The zero-order chi connectivity index (χ0) is 9.97. The standard InChI is InChI=1S/C11H9O3/c1-8-10(14-11(12)13-8)7-9-5-3-2-4-6-9/h2-6H,1,7H2. The van der Waals surface area contributed by atoms with Crippen LogP contribution in [0.2, 0.25) is 0 Å². The lowest BCUT2D eigenvalue weighted by molar-refractivity contribution is 0.373. The third-order valence-corrected chi connectivity index (χ3v) is 1.93. The summed E-state index contributed by atoms with van der Waals surface area (Å²) in [6.07, 6.45) is 0.533. The topological polar surface area (TPSA) is 43.4 Å². The molecule has 1 heterocycles. The highest BCUT2D eigenvalue weighted by atomic mass is 16.6. The van der Waals surface area contributed by atoms with Gasteiger partial charge in [0, 0.05) is 13.3 Å². The third-order valence-electron chi connectivity index (χ3n) is 1.93. The number of rotatable bonds is 2. The van der Waals surface area contributed by atoms with Gasteiger partial charge in [0.2, 0.25) is 0 Å². The molecule has 0 spiro atoms. The van der Waals surface area contributed by atoms with Crippen molar-refractivity contribution in [1.29, 1.82) is 0 Å². The van der Waals surface area contributed by atoms with Crippen molar-refractivity contribution in [2.75, 3.05) is 0 Å². The molecule has 2 rings (SSSR count). The van der Waals surface area contributed by atoms with E-state index in [-0.39, 0.29) is 0 Å². The first-order chi connectivity index (χ1) is 6.75. The maximum absolute atomic E-state index is 10.7. The molecule has 0 unspecified atom stereocenters. The van der Waals surface area contributed by atoms with Crippen LogP contribution in [0.3, 0.4) is 0 Å². The van der Waals surface area contributed by atoms with Gasteiger partial charge in [0.25, 0.3) is 0 Å². The lowest BCUT2D eigenvalue weighted by atomic mass is 10.1. The van der Waals surface area contributed by atoms with E-state index in [2.05, 4.69) is 11.3 Å². The molecule has 0 amide bonds. The summed E-state index contributed by atoms with van der Waals surface area (Å²) in [5, 5.41) is 0. The Morgan fingerprint density at radius 3 is 2.43 bits per heavy atom. The molecule has 1 aromatic carbocycles. The van der Waals surface area contributed by atoms with E-state index in [1.54, 1.807) is 0 Å². The average Bonchev–Trinajstić information content (AvgIpc) is 2.47. The second-order valence-corrected chi connectivity index (χ2v) is 2.96. The number of hydrogen-bond donors (Lipinski definition) is 0. The van der Waals surface area contributed by atoms with Gasteiger partial charge in [-0.2, -0.15) is 0 Å². The summed E-state index contributed by atoms with van der Waals surface area (Å²) >= 11 is 0. The predicted octanol–water partition coefficient (Wildman–Crippen LogP) is 2.01. The summed E-state index contributed by atoms with van der Waals surface area (Å²) in [6.45, 7) is 3.58. The van der Waals surface area contributed by atoms with Crippen LogP contribution in [0.1, 0.15) is 17.1 Å². The van der Waals surface area contributed by atoms with Crippen LogP contribution in [0.5, 0.6) is 0 Å². The Balaban J connectivity index is 2.27. The molecule has 71 valence electrons. The van der Waals surface area contributed by atoms with Crippen molar-refractivity contribution < 1.29 is 8.83 Å². The van der Waals surface area contributed by atoms with Crippen LogP contribution >= 0.6 is 0 Å². The van der Waals surface area contributed by atoms with Crippen molar-refractivity contribution in [2.45, 2.75) is 6.42 Å². The van der Waals surface area contributed by atoms with Crippen LogP contribution in [0, 0.1) is 6.92 Å². The van der Waals surface area contributed by atoms with Gasteiger partial charge in [-0.1, -0.05) is 30.3 Å². The lowest BCUT2D eigenvalue weighted by Gasteiger charge is -1.96. The van der Waals surface area contributed by atoms with E-state index in [1.165, 1.54) is 0 Å². The second kappa shape index (κ2) is 3.54. The van der Waals surface area contributed by atoms with Crippen LogP contribution in [-0.4, -0.2) is 0 Å². The first kappa shape index (κ1) is 8.81. The third kappa shape index (κ3) is 1.76. The van der Waals surface area contributed by atoms with Crippen molar-refractivity contribution in [1.82, 2.24) is 0 Å².